The number of rotatable bonds is 7. The Labute approximate surface area is 172 Å². The third-order valence-electron chi connectivity index (χ3n) is 4.82. The maximum atomic E-state index is 12.5. The molecule has 0 saturated heterocycles. The minimum absolute atomic E-state index is 0.106. The summed E-state index contributed by atoms with van der Waals surface area (Å²) in [6.07, 6.45) is 5.30. The molecule has 0 saturated carbocycles. The van der Waals surface area contributed by atoms with E-state index in [0.717, 1.165) is 29.8 Å². The minimum Gasteiger partial charge on any atom is -0.351 e. The van der Waals surface area contributed by atoms with Crippen molar-refractivity contribution < 1.29 is 4.79 Å². The predicted molar refractivity (Wildman–Crippen MR) is 117 cm³/mol. The smallest absolute Gasteiger partial charge is 0.262 e. The number of benzene rings is 2. The highest BCUT2D eigenvalue weighted by Gasteiger charge is 2.11. The molecular formula is C25H25N3O. The maximum Gasteiger partial charge on any atom is 0.262 e. The van der Waals surface area contributed by atoms with E-state index in [9.17, 15) is 10.1 Å². The standard InChI is InChI=1S/C25H25N3O/c1-19-12-13-24(20(2)16-19)28-15-7-11-23(28)17-22(18-26)25(29)27-14-6-10-21-8-4-3-5-9-21/h3-5,7-9,11-13,15-17H,6,10,14H2,1-2H3,(H,27,29)/b22-17-. The molecule has 3 rings (SSSR count). The van der Waals surface area contributed by atoms with E-state index in [1.807, 2.05) is 47.2 Å². The summed E-state index contributed by atoms with van der Waals surface area (Å²) in [6, 6.07) is 22.2. The topological polar surface area (TPSA) is 57.8 Å². The van der Waals surface area contributed by atoms with Crippen LogP contribution in [0.15, 0.2) is 72.4 Å². The van der Waals surface area contributed by atoms with Crippen LogP contribution in [0, 0.1) is 25.2 Å². The highest BCUT2D eigenvalue weighted by Crippen LogP contribution is 2.20. The van der Waals surface area contributed by atoms with Crippen molar-refractivity contribution in [2.75, 3.05) is 6.54 Å². The third kappa shape index (κ3) is 5.24. The predicted octanol–water partition coefficient (Wildman–Crippen LogP) is 4.75. The van der Waals surface area contributed by atoms with Crippen LogP contribution in [0.3, 0.4) is 0 Å². The lowest BCUT2D eigenvalue weighted by Crippen LogP contribution is -2.26. The number of carbonyl (C=O) groups is 1. The van der Waals surface area contributed by atoms with Crippen LogP contribution in [0.2, 0.25) is 0 Å². The maximum absolute atomic E-state index is 12.5. The van der Waals surface area contributed by atoms with Gasteiger partial charge in [0, 0.05) is 24.1 Å². The summed E-state index contributed by atoms with van der Waals surface area (Å²) >= 11 is 0. The number of nitriles is 1. The van der Waals surface area contributed by atoms with Crippen LogP contribution in [0.4, 0.5) is 0 Å². The molecule has 0 aliphatic heterocycles. The van der Waals surface area contributed by atoms with E-state index in [-0.39, 0.29) is 11.5 Å². The minimum atomic E-state index is -0.339. The van der Waals surface area contributed by atoms with Crippen molar-refractivity contribution in [2.45, 2.75) is 26.7 Å². The van der Waals surface area contributed by atoms with E-state index in [2.05, 4.69) is 49.5 Å². The second-order valence-corrected chi connectivity index (χ2v) is 7.11. The van der Waals surface area contributed by atoms with E-state index >= 15 is 0 Å². The molecule has 3 aromatic rings. The largest absolute Gasteiger partial charge is 0.351 e. The zero-order valence-electron chi connectivity index (χ0n) is 16.9. The molecule has 146 valence electrons. The first-order valence-electron chi connectivity index (χ1n) is 9.77. The van der Waals surface area contributed by atoms with Crippen LogP contribution in [-0.4, -0.2) is 17.0 Å². The first-order valence-corrected chi connectivity index (χ1v) is 9.77. The van der Waals surface area contributed by atoms with Gasteiger partial charge < -0.3 is 9.88 Å². The fourth-order valence-electron chi connectivity index (χ4n) is 3.34. The molecule has 4 nitrogen and oxygen atoms in total. The lowest BCUT2D eigenvalue weighted by atomic mass is 10.1. The Balaban J connectivity index is 1.68. The van der Waals surface area contributed by atoms with Gasteiger partial charge in [0.2, 0.25) is 0 Å². The molecule has 1 amide bonds. The molecule has 0 fully saturated rings. The van der Waals surface area contributed by atoms with E-state index in [1.165, 1.54) is 11.1 Å². The normalized spacial score (nSPS) is 11.1. The van der Waals surface area contributed by atoms with Crippen LogP contribution < -0.4 is 5.32 Å². The quantitative estimate of drug-likeness (QED) is 0.364. The van der Waals surface area contributed by atoms with Gasteiger partial charge in [0.1, 0.15) is 11.6 Å². The fraction of sp³-hybridized carbons (Fsp3) is 0.200. The number of amides is 1. The van der Waals surface area contributed by atoms with Crippen molar-refractivity contribution in [1.29, 1.82) is 5.26 Å². The summed E-state index contributed by atoms with van der Waals surface area (Å²) in [7, 11) is 0. The van der Waals surface area contributed by atoms with Crippen LogP contribution in [0.5, 0.6) is 0 Å². The van der Waals surface area contributed by atoms with Crippen molar-refractivity contribution in [3.05, 3.63) is 94.8 Å². The van der Waals surface area contributed by atoms with Gasteiger partial charge in [-0.25, -0.2) is 0 Å². The number of aromatic nitrogens is 1. The zero-order valence-corrected chi connectivity index (χ0v) is 16.9. The molecule has 2 aromatic carbocycles. The average Bonchev–Trinajstić information content (AvgIpc) is 3.18. The van der Waals surface area contributed by atoms with E-state index in [1.54, 1.807) is 6.08 Å². The second-order valence-electron chi connectivity index (χ2n) is 7.11. The first kappa shape index (κ1) is 20.2. The molecule has 1 heterocycles. The van der Waals surface area contributed by atoms with Gasteiger partial charge in [-0.15, -0.1) is 0 Å². The Hall–Kier alpha value is -3.58. The summed E-state index contributed by atoms with van der Waals surface area (Å²) < 4.78 is 1.99. The highest BCUT2D eigenvalue weighted by molar-refractivity contribution is 6.01. The van der Waals surface area contributed by atoms with Crippen LogP contribution in [0.1, 0.15) is 28.8 Å². The Morgan fingerprint density at radius 1 is 1.10 bits per heavy atom. The molecule has 0 unspecified atom stereocenters. The lowest BCUT2D eigenvalue weighted by Gasteiger charge is -2.11. The fourth-order valence-corrected chi connectivity index (χ4v) is 3.34. The van der Waals surface area contributed by atoms with Crippen molar-refractivity contribution in [3.63, 3.8) is 0 Å². The Kier molecular flexibility index (Phi) is 6.65. The van der Waals surface area contributed by atoms with E-state index in [4.69, 9.17) is 0 Å². The molecule has 1 N–H and O–H groups in total. The van der Waals surface area contributed by atoms with Gasteiger partial charge in [0.25, 0.3) is 5.91 Å². The summed E-state index contributed by atoms with van der Waals surface area (Å²) in [5.74, 6) is -0.339. The SMILES string of the molecule is Cc1ccc(-n2cccc2/C=C(/C#N)C(=O)NCCCc2ccccc2)c(C)c1. The van der Waals surface area contributed by atoms with E-state index < -0.39 is 0 Å². The van der Waals surface area contributed by atoms with Crippen molar-refractivity contribution in [1.82, 2.24) is 9.88 Å². The molecule has 0 aliphatic rings. The van der Waals surface area contributed by atoms with Crippen LogP contribution in [0.25, 0.3) is 11.8 Å². The van der Waals surface area contributed by atoms with Gasteiger partial charge in [0.15, 0.2) is 0 Å². The Morgan fingerprint density at radius 3 is 2.62 bits per heavy atom. The molecule has 1 aromatic heterocycles. The van der Waals surface area contributed by atoms with Gasteiger partial charge in [-0.2, -0.15) is 5.26 Å². The van der Waals surface area contributed by atoms with Crippen molar-refractivity contribution >= 4 is 12.0 Å². The summed E-state index contributed by atoms with van der Waals surface area (Å²) in [4.78, 5) is 12.5. The summed E-state index contributed by atoms with van der Waals surface area (Å²) in [5, 5.41) is 12.3. The molecule has 0 bridgehead atoms. The molecule has 0 atom stereocenters. The number of aryl methyl sites for hydroxylation is 3. The molecule has 29 heavy (non-hydrogen) atoms. The number of carbonyl (C=O) groups excluding carboxylic acids is 1. The monoisotopic (exact) mass is 383 g/mol. The Bertz CT molecular complexity index is 1060. The zero-order chi connectivity index (χ0) is 20.6. The van der Waals surface area contributed by atoms with Gasteiger partial charge >= 0.3 is 0 Å². The molecular weight excluding hydrogens is 358 g/mol. The van der Waals surface area contributed by atoms with Crippen molar-refractivity contribution in [3.8, 4) is 11.8 Å². The van der Waals surface area contributed by atoms with Gasteiger partial charge in [-0.05, 0) is 62.1 Å². The molecule has 0 aliphatic carbocycles. The summed E-state index contributed by atoms with van der Waals surface area (Å²) in [6.45, 7) is 4.65. The first-order chi connectivity index (χ1) is 14.1. The number of hydrogen-bond donors (Lipinski definition) is 1. The lowest BCUT2D eigenvalue weighted by molar-refractivity contribution is -0.117. The third-order valence-corrected chi connectivity index (χ3v) is 4.82. The number of nitrogens with zero attached hydrogens (tertiary/aromatic N) is 2. The van der Waals surface area contributed by atoms with Crippen molar-refractivity contribution in [2.24, 2.45) is 0 Å². The van der Waals surface area contributed by atoms with E-state index in [0.29, 0.717) is 6.54 Å². The van der Waals surface area contributed by atoms with Crippen LogP contribution in [-0.2, 0) is 11.2 Å². The average molecular weight is 383 g/mol. The Morgan fingerprint density at radius 2 is 1.90 bits per heavy atom. The molecule has 4 heteroatoms. The number of hydrogen-bond acceptors (Lipinski definition) is 2. The van der Waals surface area contributed by atoms with Gasteiger partial charge in [-0.3, -0.25) is 4.79 Å². The highest BCUT2D eigenvalue weighted by atomic mass is 16.1. The molecule has 0 spiro atoms. The summed E-state index contributed by atoms with van der Waals surface area (Å²) in [5.41, 5.74) is 5.52. The molecule has 0 radical (unpaired) electrons. The number of nitrogens with one attached hydrogen (secondary N) is 1. The second kappa shape index (κ2) is 9.57. The van der Waals surface area contributed by atoms with Crippen LogP contribution >= 0.6 is 0 Å². The van der Waals surface area contributed by atoms with Gasteiger partial charge in [0.05, 0.1) is 0 Å². The van der Waals surface area contributed by atoms with Gasteiger partial charge in [-0.1, -0.05) is 48.0 Å².